The monoisotopic (exact) mass is 465 g/mol. The van der Waals surface area contributed by atoms with Crippen molar-refractivity contribution in [2.45, 2.75) is 51.6 Å². The van der Waals surface area contributed by atoms with E-state index in [9.17, 15) is 19.8 Å². The average molecular weight is 466 g/mol. The molecule has 0 aliphatic heterocycles. The number of anilines is 1. The maximum absolute atomic E-state index is 13.1. The van der Waals surface area contributed by atoms with Crippen LogP contribution in [0.1, 0.15) is 49.6 Å². The number of nitrogens with one attached hydrogen (secondary N) is 1. The molecule has 5 atom stereocenters. The molecule has 0 bridgehead atoms. The summed E-state index contributed by atoms with van der Waals surface area (Å²) >= 11 is 1.40. The number of likely N-dealkylation sites (N-methyl/N-ethyl adjacent to an activating group) is 1. The number of nitrogens with zero attached hydrogens (tertiary/aromatic N) is 2. The fourth-order valence-electron chi connectivity index (χ4n) is 5.61. The summed E-state index contributed by atoms with van der Waals surface area (Å²) in [4.78, 5) is 32.5. The number of thiazole rings is 1. The molecule has 32 heavy (non-hydrogen) atoms. The van der Waals surface area contributed by atoms with Gasteiger partial charge in [-0.1, -0.05) is 19.9 Å². The molecule has 1 aromatic heterocycles. The van der Waals surface area contributed by atoms with Gasteiger partial charge in [-0.05, 0) is 30.6 Å². The van der Waals surface area contributed by atoms with E-state index < -0.39 is 11.5 Å². The van der Waals surface area contributed by atoms with Crippen LogP contribution in [0.25, 0.3) is 0 Å². The van der Waals surface area contributed by atoms with Gasteiger partial charge < -0.3 is 19.8 Å². The van der Waals surface area contributed by atoms with Crippen molar-refractivity contribution in [3.63, 3.8) is 0 Å². The van der Waals surface area contributed by atoms with Gasteiger partial charge in [-0.25, -0.2) is 4.98 Å². The van der Waals surface area contributed by atoms with Crippen LogP contribution < -0.4 is 5.32 Å². The first-order valence-corrected chi connectivity index (χ1v) is 11.8. The van der Waals surface area contributed by atoms with E-state index >= 15 is 0 Å². The molecule has 0 saturated heterocycles. The molecule has 2 amide bonds. The Morgan fingerprint density at radius 3 is 2.78 bits per heavy atom. The van der Waals surface area contributed by atoms with Gasteiger partial charge in [0.2, 0.25) is 5.91 Å². The molecule has 8 nitrogen and oxygen atoms in total. The molecule has 5 unspecified atom stereocenters. The van der Waals surface area contributed by atoms with Crippen molar-refractivity contribution in [2.75, 3.05) is 39.2 Å². The number of carbonyl (C=O) groups excluding carboxylic acids is 2. The van der Waals surface area contributed by atoms with Crippen LogP contribution in [0, 0.1) is 16.7 Å². The number of methoxy groups -OCH3 is 1. The molecule has 2 aliphatic rings. The molecule has 0 spiro atoms. The molecule has 0 aromatic carbocycles. The number of ether oxygens (including phenoxy) is 1. The van der Waals surface area contributed by atoms with Crippen molar-refractivity contribution in [1.82, 2.24) is 9.88 Å². The van der Waals surface area contributed by atoms with Crippen LogP contribution in [0.5, 0.6) is 0 Å². The van der Waals surface area contributed by atoms with E-state index in [-0.39, 0.29) is 48.7 Å². The van der Waals surface area contributed by atoms with E-state index in [0.29, 0.717) is 24.5 Å². The zero-order chi connectivity index (χ0) is 23.7. The topological polar surface area (TPSA) is 112 Å². The van der Waals surface area contributed by atoms with E-state index in [2.05, 4.69) is 18.8 Å². The third-order valence-corrected chi connectivity index (χ3v) is 8.63. The van der Waals surface area contributed by atoms with E-state index in [4.69, 9.17) is 9.72 Å². The molecular formula is C23H35N3O5S. The number of aliphatic hydroxyl groups excluding tert-OH is 2. The lowest BCUT2D eigenvalue weighted by Crippen LogP contribution is -2.57. The van der Waals surface area contributed by atoms with Gasteiger partial charge in [-0.15, -0.1) is 17.9 Å². The molecule has 3 rings (SSSR count). The maximum Gasteiger partial charge on any atom is 0.252 e. The Balaban J connectivity index is 2.03. The average Bonchev–Trinajstić information content (AvgIpc) is 3.14. The van der Waals surface area contributed by atoms with Gasteiger partial charge in [0, 0.05) is 43.3 Å². The SMILES string of the molecule is C=CCN(C)C(=O)CC1c2nc(NC(=O)COC)sc2CC2C(C)(CO)C(O)CCC12C. The number of hydrogen-bond donors (Lipinski definition) is 3. The Bertz CT molecular complexity index is 874. The Labute approximate surface area is 193 Å². The second kappa shape index (κ2) is 9.59. The fraction of sp³-hybridized carbons (Fsp3) is 0.696. The van der Waals surface area contributed by atoms with Gasteiger partial charge in [0.1, 0.15) is 6.61 Å². The summed E-state index contributed by atoms with van der Waals surface area (Å²) in [5, 5.41) is 24.4. The Kier molecular flexibility index (Phi) is 7.44. The minimum Gasteiger partial charge on any atom is -0.396 e. The van der Waals surface area contributed by atoms with Crippen LogP contribution in [0.2, 0.25) is 0 Å². The van der Waals surface area contributed by atoms with Gasteiger partial charge in [0.05, 0.1) is 18.4 Å². The number of hydrogen-bond acceptors (Lipinski definition) is 7. The highest BCUT2D eigenvalue weighted by Crippen LogP contribution is 2.62. The molecular weight excluding hydrogens is 430 g/mol. The quantitative estimate of drug-likeness (QED) is 0.508. The Hall–Kier alpha value is -1.81. The number of amides is 2. The van der Waals surface area contributed by atoms with Gasteiger partial charge in [-0.2, -0.15) is 0 Å². The number of rotatable bonds is 8. The third-order valence-electron chi connectivity index (χ3n) is 7.62. The Morgan fingerprint density at radius 2 is 2.16 bits per heavy atom. The summed E-state index contributed by atoms with van der Waals surface area (Å²) in [6.07, 6.45) is 3.30. The lowest BCUT2D eigenvalue weighted by Gasteiger charge is -2.58. The minimum absolute atomic E-state index is 0.00230. The second-order valence-corrected chi connectivity index (χ2v) is 10.7. The molecule has 2 aliphatic carbocycles. The predicted molar refractivity (Wildman–Crippen MR) is 124 cm³/mol. The molecule has 1 fully saturated rings. The predicted octanol–water partition coefficient (Wildman–Crippen LogP) is 2.18. The highest BCUT2D eigenvalue weighted by atomic mass is 32.1. The number of aliphatic hydroxyl groups is 2. The number of fused-ring (bicyclic) bond motifs is 2. The first-order chi connectivity index (χ1) is 15.1. The van der Waals surface area contributed by atoms with Crippen molar-refractivity contribution >= 4 is 28.3 Å². The minimum atomic E-state index is -0.678. The molecule has 0 radical (unpaired) electrons. The first kappa shape index (κ1) is 24.8. The smallest absolute Gasteiger partial charge is 0.252 e. The summed E-state index contributed by atoms with van der Waals surface area (Å²) in [5.41, 5.74) is -0.155. The van der Waals surface area contributed by atoms with Gasteiger partial charge in [0.15, 0.2) is 5.13 Å². The summed E-state index contributed by atoms with van der Waals surface area (Å²) in [6.45, 7) is 8.09. The molecule has 9 heteroatoms. The molecule has 1 heterocycles. The van der Waals surface area contributed by atoms with E-state index in [1.54, 1.807) is 18.0 Å². The van der Waals surface area contributed by atoms with Crippen LogP contribution in [0.4, 0.5) is 5.13 Å². The third kappa shape index (κ3) is 4.35. The second-order valence-electron chi connectivity index (χ2n) is 9.61. The lowest BCUT2D eigenvalue weighted by atomic mass is 9.47. The highest BCUT2D eigenvalue weighted by molar-refractivity contribution is 7.15. The van der Waals surface area contributed by atoms with Gasteiger partial charge in [-0.3, -0.25) is 14.9 Å². The summed E-state index contributed by atoms with van der Waals surface area (Å²) in [7, 11) is 3.22. The zero-order valence-electron chi connectivity index (χ0n) is 19.4. The fourth-order valence-corrected chi connectivity index (χ4v) is 6.70. The van der Waals surface area contributed by atoms with Crippen molar-refractivity contribution in [3.05, 3.63) is 23.2 Å². The van der Waals surface area contributed by atoms with Crippen LogP contribution >= 0.6 is 11.3 Å². The van der Waals surface area contributed by atoms with Crippen molar-refractivity contribution < 1.29 is 24.5 Å². The summed E-state index contributed by atoms with van der Waals surface area (Å²) < 4.78 is 4.90. The summed E-state index contributed by atoms with van der Waals surface area (Å²) in [6, 6.07) is 0. The molecule has 1 saturated carbocycles. The normalized spacial score (nSPS) is 31.4. The lowest BCUT2D eigenvalue weighted by molar-refractivity contribution is -0.146. The van der Waals surface area contributed by atoms with Crippen molar-refractivity contribution in [3.8, 4) is 0 Å². The zero-order valence-corrected chi connectivity index (χ0v) is 20.2. The Morgan fingerprint density at radius 1 is 1.44 bits per heavy atom. The molecule has 1 aromatic rings. The number of aromatic nitrogens is 1. The van der Waals surface area contributed by atoms with Crippen LogP contribution in [0.15, 0.2) is 12.7 Å². The highest BCUT2D eigenvalue weighted by Gasteiger charge is 2.59. The van der Waals surface area contributed by atoms with Crippen molar-refractivity contribution in [2.24, 2.45) is 16.7 Å². The van der Waals surface area contributed by atoms with E-state index in [1.807, 2.05) is 6.92 Å². The number of carbonyl (C=O) groups is 2. The molecule has 3 N–H and O–H groups in total. The van der Waals surface area contributed by atoms with Crippen LogP contribution in [-0.2, 0) is 20.7 Å². The van der Waals surface area contributed by atoms with Crippen LogP contribution in [-0.4, -0.2) is 71.9 Å². The van der Waals surface area contributed by atoms with E-state index in [0.717, 1.165) is 17.0 Å². The first-order valence-electron chi connectivity index (χ1n) is 11.0. The molecule has 178 valence electrons. The largest absolute Gasteiger partial charge is 0.396 e. The maximum atomic E-state index is 13.1. The van der Waals surface area contributed by atoms with Crippen molar-refractivity contribution in [1.29, 1.82) is 0 Å². The van der Waals surface area contributed by atoms with Gasteiger partial charge in [0.25, 0.3) is 5.91 Å². The summed E-state index contributed by atoms with van der Waals surface area (Å²) in [5.74, 6) is -0.492. The van der Waals surface area contributed by atoms with Crippen LogP contribution in [0.3, 0.4) is 0 Å². The van der Waals surface area contributed by atoms with E-state index in [1.165, 1.54) is 18.4 Å². The standard InChI is InChI=1S/C23H35N3O5S/c1-6-9-26(4)19(30)10-14-20-15(32-21(25-20)24-18(29)12-31-5)11-16-22(14,2)8-7-17(28)23(16,3)13-27/h6,14,16-17,27-28H,1,7-13H2,2-5H3,(H,24,25,29). The van der Waals surface area contributed by atoms with Gasteiger partial charge >= 0.3 is 0 Å².